The zero-order chi connectivity index (χ0) is 23.8. The maximum Gasteiger partial charge on any atom is 0.262 e. The van der Waals surface area contributed by atoms with E-state index in [1.807, 2.05) is 0 Å². The van der Waals surface area contributed by atoms with E-state index in [4.69, 9.17) is 4.42 Å². The number of carbonyl (C=O) groups is 2. The molecule has 1 aromatic heterocycles. The van der Waals surface area contributed by atoms with E-state index in [1.54, 1.807) is 30.3 Å². The van der Waals surface area contributed by atoms with Gasteiger partial charge < -0.3 is 4.42 Å². The molecule has 2 amide bonds. The molecule has 0 aliphatic heterocycles. The van der Waals surface area contributed by atoms with Gasteiger partial charge in [-0.1, -0.05) is 12.1 Å². The van der Waals surface area contributed by atoms with Gasteiger partial charge in [0.05, 0.1) is 23.1 Å². The minimum Gasteiger partial charge on any atom is -0.468 e. The zero-order valence-corrected chi connectivity index (χ0v) is 19.6. The van der Waals surface area contributed by atoms with Crippen LogP contribution in [-0.2, 0) is 26.2 Å². The van der Waals surface area contributed by atoms with E-state index >= 15 is 0 Å². The molecule has 4 saturated carbocycles. The lowest BCUT2D eigenvalue weighted by Gasteiger charge is -2.55. The number of furan rings is 1. The topological polar surface area (TPSA) is 118 Å². The molecule has 4 fully saturated rings. The summed E-state index contributed by atoms with van der Waals surface area (Å²) < 4.78 is 32.4. The summed E-state index contributed by atoms with van der Waals surface area (Å²) in [5, 5.41) is 0. The fourth-order valence-electron chi connectivity index (χ4n) is 6.27. The molecule has 0 spiro atoms. The Bertz CT molecular complexity index is 1150. The molecule has 4 aliphatic rings. The van der Waals surface area contributed by atoms with E-state index in [2.05, 4.69) is 15.6 Å². The molecule has 6 rings (SSSR count). The predicted octanol–water partition coefficient (Wildman–Crippen LogP) is 3.14. The first-order valence-electron chi connectivity index (χ1n) is 11.7. The summed E-state index contributed by atoms with van der Waals surface area (Å²) in [6.45, 7) is 0.0616. The number of carbonyl (C=O) groups excluding carboxylic acids is 2. The first-order chi connectivity index (χ1) is 16.3. The molecule has 0 radical (unpaired) electrons. The maximum absolute atomic E-state index is 12.9. The molecule has 1 aromatic carbocycles. The second kappa shape index (κ2) is 9.03. The highest BCUT2D eigenvalue weighted by Gasteiger charge is 2.54. The van der Waals surface area contributed by atoms with Gasteiger partial charge >= 0.3 is 0 Å². The third-order valence-corrected chi connectivity index (χ3v) is 8.87. The van der Waals surface area contributed by atoms with Crippen LogP contribution in [0.2, 0.25) is 0 Å². The average Bonchev–Trinajstić information content (AvgIpc) is 3.33. The minimum atomic E-state index is -3.68. The number of sulfonamides is 1. The van der Waals surface area contributed by atoms with Crippen LogP contribution in [0.25, 0.3) is 6.08 Å². The molecule has 4 aliphatic carbocycles. The monoisotopic (exact) mass is 483 g/mol. The van der Waals surface area contributed by atoms with Gasteiger partial charge in [-0.25, -0.2) is 13.1 Å². The molecule has 9 heteroatoms. The van der Waals surface area contributed by atoms with Crippen LogP contribution in [0.1, 0.15) is 49.8 Å². The lowest BCUT2D eigenvalue weighted by molar-refractivity contribution is -0.148. The van der Waals surface area contributed by atoms with Gasteiger partial charge in [-0.3, -0.25) is 20.4 Å². The summed E-state index contributed by atoms with van der Waals surface area (Å²) in [4.78, 5) is 25.3. The summed E-state index contributed by atoms with van der Waals surface area (Å²) >= 11 is 0. The average molecular weight is 484 g/mol. The number of hydrogen-bond donors (Lipinski definition) is 3. The van der Waals surface area contributed by atoms with Crippen LogP contribution in [0.3, 0.4) is 0 Å². The first kappa shape index (κ1) is 22.9. The quantitative estimate of drug-likeness (QED) is 0.413. The minimum absolute atomic E-state index is 0.0616. The van der Waals surface area contributed by atoms with Crippen molar-refractivity contribution in [3.05, 3.63) is 60.1 Å². The number of nitrogens with one attached hydrogen (secondary N) is 3. The number of rotatable bonds is 7. The van der Waals surface area contributed by atoms with Crippen molar-refractivity contribution in [1.29, 1.82) is 0 Å². The number of hydrogen-bond acceptors (Lipinski definition) is 5. The van der Waals surface area contributed by atoms with Crippen molar-refractivity contribution >= 4 is 27.9 Å². The van der Waals surface area contributed by atoms with Gasteiger partial charge in [-0.15, -0.1) is 0 Å². The molecule has 8 nitrogen and oxygen atoms in total. The van der Waals surface area contributed by atoms with E-state index in [1.165, 1.54) is 43.7 Å². The molecular formula is C25H29N3O5S. The van der Waals surface area contributed by atoms with Crippen LogP contribution < -0.4 is 15.6 Å². The van der Waals surface area contributed by atoms with Crippen LogP contribution in [0.4, 0.5) is 0 Å². The Morgan fingerprint density at radius 2 is 1.62 bits per heavy atom. The lowest BCUT2D eigenvalue weighted by atomic mass is 9.49. The van der Waals surface area contributed by atoms with Gasteiger partial charge in [0.25, 0.3) is 5.91 Å². The van der Waals surface area contributed by atoms with Crippen molar-refractivity contribution in [3.63, 3.8) is 0 Å². The second-order valence-corrected chi connectivity index (χ2v) is 11.7. The molecule has 3 N–H and O–H groups in total. The zero-order valence-electron chi connectivity index (χ0n) is 18.8. The molecule has 4 bridgehead atoms. The lowest BCUT2D eigenvalue weighted by Crippen LogP contribution is -2.56. The standard InChI is InChI=1S/C25H29N3O5S/c29-23(27-28-24(30)25-13-18-10-19(14-25)12-20(11-18)15-25)8-5-17-3-6-22(7-4-17)34(31,32)26-16-21-2-1-9-33-21/h1-9,18-20,26H,10-16H2,(H,27,29)(H,28,30)/b8-5+. The first-order valence-corrected chi connectivity index (χ1v) is 13.2. The molecule has 34 heavy (non-hydrogen) atoms. The fourth-order valence-corrected chi connectivity index (χ4v) is 7.27. The fraction of sp³-hybridized carbons (Fsp3) is 0.440. The predicted molar refractivity (Wildman–Crippen MR) is 125 cm³/mol. The Labute approximate surface area is 199 Å². The molecule has 1 heterocycles. The summed E-state index contributed by atoms with van der Waals surface area (Å²) in [5.74, 6) is 1.98. The van der Waals surface area contributed by atoms with E-state index in [0.717, 1.165) is 19.3 Å². The number of benzene rings is 1. The SMILES string of the molecule is O=C(/C=C/c1ccc(S(=O)(=O)NCc2ccco2)cc1)NNC(=O)C12CC3CC(CC(C3)C1)C2. The summed E-state index contributed by atoms with van der Waals surface area (Å²) in [7, 11) is -3.68. The summed E-state index contributed by atoms with van der Waals surface area (Å²) in [5.41, 5.74) is 5.49. The van der Waals surface area contributed by atoms with Crippen LogP contribution in [0, 0.1) is 23.2 Å². The van der Waals surface area contributed by atoms with Gasteiger partial charge in [0.15, 0.2) is 0 Å². The maximum atomic E-state index is 12.9. The van der Waals surface area contributed by atoms with Crippen molar-refractivity contribution in [2.24, 2.45) is 23.2 Å². The highest BCUT2D eigenvalue weighted by atomic mass is 32.2. The van der Waals surface area contributed by atoms with Crippen LogP contribution in [0.15, 0.2) is 58.1 Å². The van der Waals surface area contributed by atoms with Gasteiger partial charge in [0.2, 0.25) is 15.9 Å². The third-order valence-electron chi connectivity index (χ3n) is 7.45. The van der Waals surface area contributed by atoms with Crippen molar-refractivity contribution < 1.29 is 22.4 Å². The van der Waals surface area contributed by atoms with Crippen molar-refractivity contribution in [2.45, 2.75) is 50.0 Å². The number of hydrazine groups is 1. The van der Waals surface area contributed by atoms with E-state index < -0.39 is 15.9 Å². The van der Waals surface area contributed by atoms with Crippen LogP contribution in [0.5, 0.6) is 0 Å². The van der Waals surface area contributed by atoms with Crippen LogP contribution in [-0.4, -0.2) is 20.2 Å². The van der Waals surface area contributed by atoms with E-state index in [-0.39, 0.29) is 22.8 Å². The second-order valence-electron chi connectivity index (χ2n) is 9.95. The van der Waals surface area contributed by atoms with Gasteiger partial charge in [0.1, 0.15) is 5.76 Å². The van der Waals surface area contributed by atoms with Gasteiger partial charge in [-0.05, 0) is 92.2 Å². The third kappa shape index (κ3) is 4.81. The van der Waals surface area contributed by atoms with E-state index in [9.17, 15) is 18.0 Å². The van der Waals surface area contributed by atoms with Crippen LogP contribution >= 0.6 is 0 Å². The summed E-state index contributed by atoms with van der Waals surface area (Å²) in [6.07, 6.45) is 10.9. The Balaban J connectivity index is 1.12. The van der Waals surface area contributed by atoms with Crippen molar-refractivity contribution in [2.75, 3.05) is 0 Å². The number of amides is 2. The van der Waals surface area contributed by atoms with Crippen molar-refractivity contribution in [3.8, 4) is 0 Å². The largest absolute Gasteiger partial charge is 0.468 e. The van der Waals surface area contributed by atoms with Crippen molar-refractivity contribution in [1.82, 2.24) is 15.6 Å². The Kier molecular flexibility index (Phi) is 6.07. The van der Waals surface area contributed by atoms with Gasteiger partial charge in [-0.2, -0.15) is 0 Å². The molecule has 0 atom stereocenters. The Morgan fingerprint density at radius 3 is 2.21 bits per heavy atom. The summed E-state index contributed by atoms with van der Waals surface area (Å²) in [6, 6.07) is 9.54. The Hall–Kier alpha value is -2.91. The smallest absolute Gasteiger partial charge is 0.262 e. The molecule has 0 unspecified atom stereocenters. The Morgan fingerprint density at radius 1 is 0.971 bits per heavy atom. The van der Waals surface area contributed by atoms with Gasteiger partial charge in [0, 0.05) is 6.08 Å². The molecule has 2 aromatic rings. The highest BCUT2D eigenvalue weighted by Crippen LogP contribution is 2.60. The van der Waals surface area contributed by atoms with E-state index in [0.29, 0.717) is 29.1 Å². The highest BCUT2D eigenvalue weighted by molar-refractivity contribution is 7.89. The molecule has 0 saturated heterocycles. The molecule has 180 valence electrons. The molecular weight excluding hydrogens is 454 g/mol. The normalized spacial score (nSPS) is 27.7.